The molecule has 42 heavy (non-hydrogen) atoms. The molecule has 1 unspecified atom stereocenters. The Hall–Kier alpha value is -4.15. The molecule has 9 nitrogen and oxygen atoms in total. The summed E-state index contributed by atoms with van der Waals surface area (Å²) in [4.78, 5) is 22.6. The number of aliphatic hydroxyl groups is 1. The zero-order chi connectivity index (χ0) is 29.1. The number of nitrogens with one attached hydrogen (secondary N) is 2. The van der Waals surface area contributed by atoms with Crippen molar-refractivity contribution in [1.82, 2.24) is 20.3 Å². The summed E-state index contributed by atoms with van der Waals surface area (Å²) in [5.74, 6) is 0. The molecule has 9 heteroatoms. The highest BCUT2D eigenvalue weighted by Gasteiger charge is 2.22. The van der Waals surface area contributed by atoms with E-state index in [4.69, 9.17) is 9.94 Å². The predicted octanol–water partition coefficient (Wildman–Crippen LogP) is 4.48. The van der Waals surface area contributed by atoms with Crippen LogP contribution < -0.4 is 10.4 Å². The fraction of sp³-hybridized carbons (Fsp3) is 0.303. The van der Waals surface area contributed by atoms with E-state index in [2.05, 4.69) is 63.4 Å². The number of aromatic nitrogens is 1. The standard InChI is InChI=1S/C33H39N5O4/c39-32(35-41)15-14-26-10-12-27(13-11-26)25-36(17-16-28-24-34-31-9-5-4-8-30(28)31)22-23-42-33(40)38-20-18-37(19-21-38)29-6-2-1-3-7-29/h1-15,24,32,34-35,39,41H,16-23,25H2/b15-14+. The van der Waals surface area contributed by atoms with Crippen LogP contribution in [0.2, 0.25) is 0 Å². The smallest absolute Gasteiger partial charge is 0.409 e. The minimum absolute atomic E-state index is 0.255. The normalized spacial score (nSPS) is 14.6. The number of carbonyl (C=O) groups excluding carboxylic acids is 1. The lowest BCUT2D eigenvalue weighted by atomic mass is 10.1. The molecular formula is C33H39N5O4. The van der Waals surface area contributed by atoms with Crippen molar-refractivity contribution in [1.29, 1.82) is 0 Å². The molecule has 0 radical (unpaired) electrons. The Bertz CT molecular complexity index is 1430. The van der Waals surface area contributed by atoms with Crippen molar-refractivity contribution in [3.05, 3.63) is 108 Å². The number of hydrogen-bond acceptors (Lipinski definition) is 7. The number of H-pyrrole nitrogens is 1. The molecule has 4 aromatic rings. The number of fused-ring (bicyclic) bond motifs is 1. The second-order valence-corrected chi connectivity index (χ2v) is 10.5. The van der Waals surface area contributed by atoms with Crippen molar-refractivity contribution < 1.29 is 19.8 Å². The second-order valence-electron chi connectivity index (χ2n) is 10.5. The summed E-state index contributed by atoms with van der Waals surface area (Å²) >= 11 is 0. The van der Waals surface area contributed by atoms with Crippen LogP contribution in [0.1, 0.15) is 16.7 Å². The molecule has 0 aliphatic carbocycles. The van der Waals surface area contributed by atoms with Gasteiger partial charge < -0.3 is 29.8 Å². The third-order valence-corrected chi connectivity index (χ3v) is 7.65. The third-order valence-electron chi connectivity index (χ3n) is 7.65. The van der Waals surface area contributed by atoms with Crippen molar-refractivity contribution >= 4 is 28.8 Å². The lowest BCUT2D eigenvalue weighted by Crippen LogP contribution is -2.49. The molecule has 1 aromatic heterocycles. The number of hydrogen-bond donors (Lipinski definition) is 4. The molecule has 1 amide bonds. The van der Waals surface area contributed by atoms with Gasteiger partial charge in [0.2, 0.25) is 0 Å². The highest BCUT2D eigenvalue weighted by Crippen LogP contribution is 2.19. The first-order valence-corrected chi connectivity index (χ1v) is 14.4. The SMILES string of the molecule is O=C(OCCN(CCc1c[nH]c2ccccc12)Cc1ccc(/C=C/C(O)NO)cc1)N1CCN(c2ccccc2)CC1. The first-order chi connectivity index (χ1) is 20.6. The lowest BCUT2D eigenvalue weighted by Gasteiger charge is -2.35. The molecule has 5 rings (SSSR count). The van der Waals surface area contributed by atoms with E-state index < -0.39 is 6.23 Å². The van der Waals surface area contributed by atoms with Crippen molar-refractivity contribution in [3.8, 4) is 0 Å². The number of amides is 1. The average Bonchev–Trinajstić information content (AvgIpc) is 3.46. The summed E-state index contributed by atoms with van der Waals surface area (Å²) in [6.07, 6.45) is 4.79. The first-order valence-electron chi connectivity index (χ1n) is 14.4. The summed E-state index contributed by atoms with van der Waals surface area (Å²) in [5.41, 5.74) is 7.41. The van der Waals surface area contributed by atoms with Crippen LogP contribution in [0.5, 0.6) is 0 Å². The lowest BCUT2D eigenvalue weighted by molar-refractivity contribution is 0.0323. The number of ether oxygens (including phenoxy) is 1. The van der Waals surface area contributed by atoms with Crippen LogP contribution in [-0.4, -0.2) is 83.3 Å². The van der Waals surface area contributed by atoms with E-state index in [1.807, 2.05) is 36.4 Å². The van der Waals surface area contributed by atoms with E-state index in [9.17, 15) is 9.90 Å². The fourth-order valence-electron chi connectivity index (χ4n) is 5.26. The van der Waals surface area contributed by atoms with Gasteiger partial charge in [0.1, 0.15) is 12.8 Å². The van der Waals surface area contributed by atoms with Crippen molar-refractivity contribution in [3.63, 3.8) is 0 Å². The van der Waals surface area contributed by atoms with Gasteiger partial charge in [-0.3, -0.25) is 4.90 Å². The zero-order valence-electron chi connectivity index (χ0n) is 23.7. The van der Waals surface area contributed by atoms with Gasteiger partial charge in [0.25, 0.3) is 0 Å². The van der Waals surface area contributed by atoms with E-state index in [-0.39, 0.29) is 6.09 Å². The maximum atomic E-state index is 12.9. The maximum absolute atomic E-state index is 12.9. The molecule has 1 fully saturated rings. The molecule has 1 atom stereocenters. The Morgan fingerprint density at radius 1 is 0.976 bits per heavy atom. The van der Waals surface area contributed by atoms with Crippen LogP contribution >= 0.6 is 0 Å². The highest BCUT2D eigenvalue weighted by atomic mass is 16.6. The molecule has 1 saturated heterocycles. The molecule has 220 valence electrons. The Labute approximate surface area is 246 Å². The predicted molar refractivity (Wildman–Crippen MR) is 165 cm³/mol. The van der Waals surface area contributed by atoms with Crippen LogP contribution in [0.15, 0.2) is 91.1 Å². The monoisotopic (exact) mass is 569 g/mol. The molecule has 0 bridgehead atoms. The van der Waals surface area contributed by atoms with Crippen molar-refractivity contribution in [2.45, 2.75) is 19.2 Å². The van der Waals surface area contributed by atoms with Gasteiger partial charge in [-0.1, -0.05) is 66.7 Å². The van der Waals surface area contributed by atoms with Gasteiger partial charge in [-0.05, 0) is 47.4 Å². The Morgan fingerprint density at radius 2 is 1.71 bits per heavy atom. The second kappa shape index (κ2) is 14.7. The molecule has 3 aromatic carbocycles. The first kappa shape index (κ1) is 29.3. The number of anilines is 1. The van der Waals surface area contributed by atoms with Crippen LogP contribution in [0, 0.1) is 0 Å². The number of piperazine rings is 1. The Morgan fingerprint density at radius 3 is 2.48 bits per heavy atom. The number of carbonyl (C=O) groups is 1. The topological polar surface area (TPSA) is 104 Å². The van der Waals surface area contributed by atoms with E-state index in [0.717, 1.165) is 42.7 Å². The molecule has 4 N–H and O–H groups in total. The number of nitrogens with zero attached hydrogens (tertiary/aromatic N) is 3. The van der Waals surface area contributed by atoms with Gasteiger partial charge in [-0.2, -0.15) is 5.48 Å². The number of aromatic amines is 1. The van der Waals surface area contributed by atoms with Crippen molar-refractivity contribution in [2.75, 3.05) is 50.8 Å². The van der Waals surface area contributed by atoms with Gasteiger partial charge in [0.15, 0.2) is 0 Å². The fourth-order valence-corrected chi connectivity index (χ4v) is 5.26. The van der Waals surface area contributed by atoms with Crippen molar-refractivity contribution in [2.24, 2.45) is 0 Å². The molecule has 0 spiro atoms. The largest absolute Gasteiger partial charge is 0.448 e. The van der Waals surface area contributed by atoms with E-state index >= 15 is 0 Å². The van der Waals surface area contributed by atoms with Gasteiger partial charge in [0.05, 0.1) is 0 Å². The number of rotatable bonds is 12. The molecular weight excluding hydrogens is 530 g/mol. The van der Waals surface area contributed by atoms with Gasteiger partial charge in [-0.25, -0.2) is 4.79 Å². The average molecular weight is 570 g/mol. The Balaban J connectivity index is 1.16. The van der Waals surface area contributed by atoms with Crippen LogP contribution in [0.25, 0.3) is 17.0 Å². The Kier molecular flexibility index (Phi) is 10.2. The third kappa shape index (κ3) is 7.98. The number of para-hydroxylation sites is 2. The van der Waals surface area contributed by atoms with E-state index in [0.29, 0.717) is 32.8 Å². The molecule has 2 heterocycles. The molecule has 1 aliphatic heterocycles. The van der Waals surface area contributed by atoms with Crippen LogP contribution in [0.3, 0.4) is 0 Å². The number of hydroxylamine groups is 1. The van der Waals surface area contributed by atoms with Crippen LogP contribution in [-0.2, 0) is 17.7 Å². The number of benzene rings is 3. The van der Waals surface area contributed by atoms with E-state index in [1.54, 1.807) is 16.5 Å². The summed E-state index contributed by atoms with van der Waals surface area (Å²) in [7, 11) is 0. The quantitative estimate of drug-likeness (QED) is 0.147. The highest BCUT2D eigenvalue weighted by molar-refractivity contribution is 5.83. The number of aliphatic hydroxyl groups excluding tert-OH is 1. The van der Waals surface area contributed by atoms with Gasteiger partial charge in [-0.15, -0.1) is 0 Å². The van der Waals surface area contributed by atoms with Gasteiger partial charge >= 0.3 is 6.09 Å². The summed E-state index contributed by atoms with van der Waals surface area (Å²) in [6.45, 7) is 5.32. The maximum Gasteiger partial charge on any atom is 0.409 e. The summed E-state index contributed by atoms with van der Waals surface area (Å²) in [5, 5.41) is 19.5. The molecule has 1 aliphatic rings. The minimum atomic E-state index is -1.11. The van der Waals surface area contributed by atoms with Crippen LogP contribution in [0.4, 0.5) is 10.5 Å². The van der Waals surface area contributed by atoms with Gasteiger partial charge in [0, 0.05) is 68.6 Å². The summed E-state index contributed by atoms with van der Waals surface area (Å²) in [6, 6.07) is 26.6. The van der Waals surface area contributed by atoms with E-state index in [1.165, 1.54) is 22.7 Å². The summed E-state index contributed by atoms with van der Waals surface area (Å²) < 4.78 is 5.74. The minimum Gasteiger partial charge on any atom is -0.448 e. The zero-order valence-corrected chi connectivity index (χ0v) is 23.7. The molecule has 0 saturated carbocycles.